The van der Waals surface area contributed by atoms with E-state index in [0.717, 1.165) is 55.0 Å². The second-order valence-electron chi connectivity index (χ2n) is 9.72. The van der Waals surface area contributed by atoms with E-state index >= 15 is 0 Å². The summed E-state index contributed by atoms with van der Waals surface area (Å²) in [5, 5.41) is 11.7. The highest BCUT2D eigenvalue weighted by molar-refractivity contribution is 6.02. The fraction of sp³-hybridized carbons (Fsp3) is 0.333. The van der Waals surface area contributed by atoms with Crippen LogP contribution in [-0.2, 0) is 0 Å². The highest BCUT2D eigenvalue weighted by atomic mass is 19.1. The van der Waals surface area contributed by atoms with E-state index in [1.54, 1.807) is 12.1 Å². The van der Waals surface area contributed by atoms with Crippen molar-refractivity contribution in [3.63, 3.8) is 0 Å². The fourth-order valence-electron chi connectivity index (χ4n) is 4.49. The number of aliphatic imine (C=N–C) groups is 1. The Balaban J connectivity index is 1.26. The Hall–Kier alpha value is -3.85. The first-order chi connectivity index (χ1) is 17.5. The number of aryl methyl sites for hydroxylation is 1. The van der Waals surface area contributed by atoms with Gasteiger partial charge in [0, 0.05) is 61.1 Å². The number of benzene rings is 2. The standard InChI is InChI=1S/C27H29FN6O2/c1-16-9-18(5-8-22(16)27(35)32-20-6-7-20)24-15-31-26-23(30-14-17-12-29-13-17)11-25(33-34(24)26)36-21-4-2-3-19(28)10-21/h2-5,8-11,15,17,20,26,29,31,33H,6-7,12-14H2,1H3,(H,32,35). The van der Waals surface area contributed by atoms with Crippen molar-refractivity contribution in [1.82, 2.24) is 26.4 Å². The lowest BCUT2D eigenvalue weighted by Gasteiger charge is -2.35. The van der Waals surface area contributed by atoms with Crippen molar-refractivity contribution < 1.29 is 13.9 Å². The molecule has 4 N–H and O–H groups in total. The second kappa shape index (κ2) is 9.31. The van der Waals surface area contributed by atoms with Gasteiger partial charge in [-0.05, 0) is 49.6 Å². The number of ether oxygens (including phenoxy) is 1. The van der Waals surface area contributed by atoms with Crippen LogP contribution in [0.2, 0.25) is 0 Å². The molecule has 4 aliphatic rings. The normalized spacial score (nSPS) is 22.1. The summed E-state index contributed by atoms with van der Waals surface area (Å²) in [7, 11) is 0. The molecule has 2 fully saturated rings. The van der Waals surface area contributed by atoms with Gasteiger partial charge in [0.15, 0.2) is 6.17 Å². The molecule has 1 saturated heterocycles. The van der Waals surface area contributed by atoms with Crippen LogP contribution in [0, 0.1) is 18.7 Å². The van der Waals surface area contributed by atoms with Crippen molar-refractivity contribution in [2.45, 2.75) is 32.0 Å². The lowest BCUT2D eigenvalue weighted by Crippen LogP contribution is -2.53. The van der Waals surface area contributed by atoms with E-state index in [0.29, 0.717) is 29.2 Å². The molecule has 3 aliphatic heterocycles. The van der Waals surface area contributed by atoms with Crippen molar-refractivity contribution in [3.05, 3.63) is 83.1 Å². The summed E-state index contributed by atoms with van der Waals surface area (Å²) in [6.45, 7) is 4.61. The molecule has 0 aromatic heterocycles. The Morgan fingerprint density at radius 2 is 2.08 bits per heavy atom. The molecule has 1 aliphatic carbocycles. The number of hydrogen-bond donors (Lipinski definition) is 4. The first-order valence-corrected chi connectivity index (χ1v) is 12.4. The van der Waals surface area contributed by atoms with E-state index in [2.05, 4.69) is 21.4 Å². The molecule has 2 aromatic carbocycles. The van der Waals surface area contributed by atoms with E-state index in [-0.39, 0.29) is 17.9 Å². The zero-order valence-corrected chi connectivity index (χ0v) is 20.1. The summed E-state index contributed by atoms with van der Waals surface area (Å²) >= 11 is 0. The van der Waals surface area contributed by atoms with Crippen LogP contribution in [0.1, 0.15) is 34.3 Å². The smallest absolute Gasteiger partial charge is 0.251 e. The minimum Gasteiger partial charge on any atom is -0.439 e. The van der Waals surface area contributed by atoms with Crippen LogP contribution in [0.3, 0.4) is 0 Å². The molecule has 36 heavy (non-hydrogen) atoms. The SMILES string of the molecule is Cc1cc(C2=CNC3C(=NCC4CNC4)C=C(Oc4cccc(F)c4)NN23)ccc1C(=O)NC1CC1. The van der Waals surface area contributed by atoms with Crippen LogP contribution in [-0.4, -0.2) is 48.5 Å². The molecule has 1 unspecified atom stereocenters. The van der Waals surface area contributed by atoms with Gasteiger partial charge in [-0.15, -0.1) is 0 Å². The number of rotatable bonds is 7. The number of nitrogens with one attached hydrogen (secondary N) is 4. The molecule has 8 nitrogen and oxygen atoms in total. The number of carbonyl (C=O) groups is 1. The highest BCUT2D eigenvalue weighted by Crippen LogP contribution is 2.30. The first kappa shape index (κ1) is 22.6. The summed E-state index contributed by atoms with van der Waals surface area (Å²) in [6, 6.07) is 12.2. The molecule has 0 radical (unpaired) electrons. The number of hydrazine groups is 1. The third-order valence-electron chi connectivity index (χ3n) is 6.79. The average Bonchev–Trinajstić information content (AvgIpc) is 3.53. The van der Waals surface area contributed by atoms with Gasteiger partial charge in [0.25, 0.3) is 5.91 Å². The molecule has 1 atom stereocenters. The van der Waals surface area contributed by atoms with Crippen LogP contribution in [0.4, 0.5) is 4.39 Å². The average molecular weight is 489 g/mol. The molecule has 9 heteroatoms. The predicted molar refractivity (Wildman–Crippen MR) is 135 cm³/mol. The molecule has 6 rings (SSSR count). The highest BCUT2D eigenvalue weighted by Gasteiger charge is 2.35. The van der Waals surface area contributed by atoms with E-state index in [9.17, 15) is 9.18 Å². The second-order valence-corrected chi connectivity index (χ2v) is 9.72. The monoisotopic (exact) mass is 488 g/mol. The number of nitrogens with zero attached hydrogens (tertiary/aromatic N) is 2. The Bertz CT molecular complexity index is 1280. The summed E-state index contributed by atoms with van der Waals surface area (Å²) in [5.74, 6) is 0.983. The number of hydrogen-bond acceptors (Lipinski definition) is 7. The lowest BCUT2D eigenvalue weighted by molar-refractivity contribution is 0.0950. The largest absolute Gasteiger partial charge is 0.439 e. The zero-order valence-electron chi connectivity index (χ0n) is 20.1. The molecule has 0 spiro atoms. The summed E-state index contributed by atoms with van der Waals surface area (Å²) in [6.07, 6.45) is 5.69. The van der Waals surface area contributed by atoms with Gasteiger partial charge in [-0.25, -0.2) is 4.39 Å². The summed E-state index contributed by atoms with van der Waals surface area (Å²) in [4.78, 5) is 17.5. The van der Waals surface area contributed by atoms with Crippen molar-refractivity contribution in [1.29, 1.82) is 0 Å². The minimum absolute atomic E-state index is 0.0253. The van der Waals surface area contributed by atoms with Gasteiger partial charge >= 0.3 is 0 Å². The number of halogens is 1. The Morgan fingerprint density at radius 1 is 1.22 bits per heavy atom. The molecule has 1 saturated carbocycles. The Kier molecular flexibility index (Phi) is 5.85. The van der Waals surface area contributed by atoms with E-state index in [4.69, 9.17) is 9.73 Å². The molecular weight excluding hydrogens is 459 g/mol. The van der Waals surface area contributed by atoms with Gasteiger partial charge in [-0.3, -0.25) is 20.2 Å². The lowest BCUT2D eigenvalue weighted by atomic mass is 10.0. The van der Waals surface area contributed by atoms with Crippen LogP contribution < -0.4 is 26.1 Å². The van der Waals surface area contributed by atoms with Crippen molar-refractivity contribution >= 4 is 17.3 Å². The quantitative estimate of drug-likeness (QED) is 0.479. The maximum absolute atomic E-state index is 13.7. The van der Waals surface area contributed by atoms with Crippen LogP contribution in [0.25, 0.3) is 5.70 Å². The van der Waals surface area contributed by atoms with Crippen molar-refractivity contribution in [3.8, 4) is 5.75 Å². The fourth-order valence-corrected chi connectivity index (χ4v) is 4.49. The van der Waals surface area contributed by atoms with Crippen molar-refractivity contribution in [2.24, 2.45) is 10.9 Å². The number of amides is 1. The van der Waals surface area contributed by atoms with E-state index < -0.39 is 0 Å². The van der Waals surface area contributed by atoms with Crippen LogP contribution in [0.15, 0.2) is 65.6 Å². The Morgan fingerprint density at radius 3 is 2.81 bits per heavy atom. The minimum atomic E-state index is -0.363. The van der Waals surface area contributed by atoms with Gasteiger partial charge < -0.3 is 20.7 Å². The van der Waals surface area contributed by atoms with E-state index in [1.165, 1.54) is 12.1 Å². The maximum atomic E-state index is 13.7. The molecular formula is C27H29FN6O2. The Labute approximate surface area is 209 Å². The number of fused-ring (bicyclic) bond motifs is 1. The van der Waals surface area contributed by atoms with Crippen LogP contribution in [0.5, 0.6) is 5.75 Å². The number of carbonyl (C=O) groups excluding carboxylic acids is 1. The summed E-state index contributed by atoms with van der Waals surface area (Å²) in [5.41, 5.74) is 7.58. The van der Waals surface area contributed by atoms with Gasteiger partial charge in [0.05, 0.1) is 11.4 Å². The molecule has 186 valence electrons. The molecule has 1 amide bonds. The van der Waals surface area contributed by atoms with Crippen molar-refractivity contribution in [2.75, 3.05) is 19.6 Å². The maximum Gasteiger partial charge on any atom is 0.251 e. The van der Waals surface area contributed by atoms with Gasteiger partial charge in [0.1, 0.15) is 11.6 Å². The topological polar surface area (TPSA) is 90.0 Å². The third-order valence-corrected chi connectivity index (χ3v) is 6.79. The third kappa shape index (κ3) is 4.66. The molecule has 2 aromatic rings. The van der Waals surface area contributed by atoms with Gasteiger partial charge in [-0.2, -0.15) is 0 Å². The summed E-state index contributed by atoms with van der Waals surface area (Å²) < 4.78 is 19.7. The zero-order chi connectivity index (χ0) is 24.6. The van der Waals surface area contributed by atoms with Gasteiger partial charge in [-0.1, -0.05) is 12.1 Å². The molecule has 0 bridgehead atoms. The van der Waals surface area contributed by atoms with E-state index in [1.807, 2.05) is 42.4 Å². The van der Waals surface area contributed by atoms with Crippen LogP contribution >= 0.6 is 0 Å². The first-order valence-electron chi connectivity index (χ1n) is 12.4. The van der Waals surface area contributed by atoms with Gasteiger partial charge in [0.2, 0.25) is 5.88 Å². The molecule has 3 heterocycles. The predicted octanol–water partition coefficient (Wildman–Crippen LogP) is 2.66.